The molecule has 0 radical (unpaired) electrons. The van der Waals surface area contributed by atoms with Crippen LogP contribution in [0.4, 0.5) is 0 Å². The van der Waals surface area contributed by atoms with Crippen LogP contribution in [0.2, 0.25) is 0 Å². The van der Waals surface area contributed by atoms with E-state index in [-0.39, 0.29) is 5.41 Å². The fraction of sp³-hybridized carbons (Fsp3) is 0.0698. The highest BCUT2D eigenvalue weighted by molar-refractivity contribution is 5.88. The monoisotopic (exact) mass is 602 g/mol. The van der Waals surface area contributed by atoms with Crippen molar-refractivity contribution in [2.24, 2.45) is 0 Å². The molecule has 0 bridgehead atoms. The molecule has 0 unspecified atom stereocenters. The highest BCUT2D eigenvalue weighted by Crippen LogP contribution is 2.50. The molecule has 47 heavy (non-hydrogen) atoms. The Kier molecular flexibility index (Phi) is 6.82. The lowest BCUT2D eigenvalue weighted by Gasteiger charge is -2.21. The minimum absolute atomic E-state index is 0.195. The Balaban J connectivity index is 1.26. The Morgan fingerprint density at radius 1 is 0.426 bits per heavy atom. The second-order valence-corrected chi connectivity index (χ2v) is 12.4. The summed E-state index contributed by atoms with van der Waals surface area (Å²) < 4.78 is 0. The molecule has 0 saturated carbocycles. The molecule has 1 heterocycles. The van der Waals surface area contributed by atoms with Gasteiger partial charge in [-0.05, 0) is 62.7 Å². The summed E-state index contributed by atoms with van der Waals surface area (Å²) in [6, 6.07) is 52.2. The van der Waals surface area contributed by atoms with Gasteiger partial charge in [0.2, 0.25) is 0 Å². The molecule has 0 saturated heterocycles. The van der Waals surface area contributed by atoms with Gasteiger partial charge in [-0.25, -0.2) is 15.0 Å². The summed E-state index contributed by atoms with van der Waals surface area (Å²) in [5.74, 6) is 1.88. The lowest BCUT2D eigenvalue weighted by molar-refractivity contribution is 0.660. The molecule has 0 aliphatic heterocycles. The number of nitrogens with zero attached hydrogens (tertiary/aromatic N) is 4. The topological polar surface area (TPSA) is 62.5 Å². The first-order chi connectivity index (χ1) is 23.0. The second-order valence-electron chi connectivity index (χ2n) is 12.4. The minimum atomic E-state index is -0.195. The molecule has 4 nitrogen and oxygen atoms in total. The van der Waals surface area contributed by atoms with Crippen LogP contribution >= 0.6 is 0 Å². The first-order valence-electron chi connectivity index (χ1n) is 15.8. The van der Waals surface area contributed by atoms with Crippen LogP contribution in [0.1, 0.15) is 30.5 Å². The standard InChI is InChI=1S/C43H30N4/c1-43(2)38-24-22-33(26-37(38)35-23-17-28(27-44)25-39(35)43)34-15-9-10-16-36(34)42-46-40(31-13-7-4-8-14-31)45-41(47-42)32-20-18-30(19-21-32)29-11-5-3-6-12-29/h3-26H,1-2H3. The summed E-state index contributed by atoms with van der Waals surface area (Å²) in [7, 11) is 0. The number of hydrogen-bond donors (Lipinski definition) is 0. The van der Waals surface area contributed by atoms with E-state index in [9.17, 15) is 5.26 Å². The van der Waals surface area contributed by atoms with Crippen molar-refractivity contribution in [1.29, 1.82) is 5.26 Å². The molecule has 0 fully saturated rings. The fourth-order valence-corrected chi connectivity index (χ4v) is 6.70. The molecule has 1 aliphatic rings. The predicted octanol–water partition coefficient (Wildman–Crippen LogP) is 10.4. The van der Waals surface area contributed by atoms with Crippen molar-refractivity contribution in [1.82, 2.24) is 15.0 Å². The largest absolute Gasteiger partial charge is 0.208 e. The Bertz CT molecular complexity index is 2320. The van der Waals surface area contributed by atoms with Crippen LogP contribution in [-0.4, -0.2) is 15.0 Å². The van der Waals surface area contributed by atoms with Crippen LogP contribution in [0, 0.1) is 11.3 Å². The van der Waals surface area contributed by atoms with E-state index < -0.39 is 0 Å². The van der Waals surface area contributed by atoms with E-state index in [0.29, 0.717) is 23.0 Å². The lowest BCUT2D eigenvalue weighted by atomic mass is 9.81. The molecular weight excluding hydrogens is 573 g/mol. The van der Waals surface area contributed by atoms with Crippen LogP contribution in [0.3, 0.4) is 0 Å². The smallest absolute Gasteiger partial charge is 0.164 e. The number of benzene rings is 6. The summed E-state index contributed by atoms with van der Waals surface area (Å²) in [6.07, 6.45) is 0. The van der Waals surface area contributed by atoms with E-state index >= 15 is 0 Å². The van der Waals surface area contributed by atoms with E-state index in [1.807, 2.05) is 54.6 Å². The zero-order valence-corrected chi connectivity index (χ0v) is 26.1. The van der Waals surface area contributed by atoms with Gasteiger partial charge in [0, 0.05) is 22.1 Å². The third-order valence-electron chi connectivity index (χ3n) is 9.20. The first kappa shape index (κ1) is 28.3. The molecule has 1 aromatic heterocycles. The maximum atomic E-state index is 9.57. The van der Waals surface area contributed by atoms with Gasteiger partial charge in [0.15, 0.2) is 17.5 Å². The number of rotatable bonds is 5. The van der Waals surface area contributed by atoms with E-state index in [0.717, 1.165) is 33.4 Å². The van der Waals surface area contributed by atoms with Gasteiger partial charge in [0.05, 0.1) is 11.6 Å². The third-order valence-corrected chi connectivity index (χ3v) is 9.20. The molecule has 0 N–H and O–H groups in total. The lowest BCUT2D eigenvalue weighted by Crippen LogP contribution is -2.15. The molecule has 8 rings (SSSR count). The van der Waals surface area contributed by atoms with Crippen molar-refractivity contribution in [3.05, 3.63) is 162 Å². The van der Waals surface area contributed by atoms with Crippen LogP contribution < -0.4 is 0 Å². The van der Waals surface area contributed by atoms with Crippen LogP contribution in [0.15, 0.2) is 146 Å². The molecule has 222 valence electrons. The van der Waals surface area contributed by atoms with Crippen LogP contribution in [-0.2, 0) is 5.41 Å². The number of hydrogen-bond acceptors (Lipinski definition) is 4. The second kappa shape index (κ2) is 11.3. The van der Waals surface area contributed by atoms with Crippen molar-refractivity contribution < 1.29 is 0 Å². The third kappa shape index (κ3) is 4.99. The molecule has 6 aromatic carbocycles. The first-order valence-corrected chi connectivity index (χ1v) is 15.8. The summed E-state index contributed by atoms with van der Waals surface area (Å²) in [5.41, 5.74) is 12.5. The summed E-state index contributed by atoms with van der Waals surface area (Å²) in [6.45, 7) is 4.46. The molecular formula is C43H30N4. The van der Waals surface area contributed by atoms with Crippen molar-refractivity contribution in [3.63, 3.8) is 0 Å². The summed E-state index contributed by atoms with van der Waals surface area (Å²) in [4.78, 5) is 15.1. The average molecular weight is 603 g/mol. The highest BCUT2D eigenvalue weighted by Gasteiger charge is 2.35. The van der Waals surface area contributed by atoms with Crippen LogP contribution in [0.25, 0.3) is 67.5 Å². The van der Waals surface area contributed by atoms with Gasteiger partial charge in [-0.1, -0.05) is 141 Å². The average Bonchev–Trinajstić information content (AvgIpc) is 3.37. The maximum absolute atomic E-state index is 9.57. The van der Waals surface area contributed by atoms with E-state index in [1.165, 1.54) is 27.8 Å². The molecule has 7 aromatic rings. The molecule has 0 spiro atoms. The Hall–Kier alpha value is -6.18. The van der Waals surface area contributed by atoms with Crippen molar-refractivity contribution in [2.45, 2.75) is 19.3 Å². The van der Waals surface area contributed by atoms with Crippen molar-refractivity contribution in [2.75, 3.05) is 0 Å². The van der Waals surface area contributed by atoms with Gasteiger partial charge in [-0.15, -0.1) is 0 Å². The Morgan fingerprint density at radius 2 is 0.957 bits per heavy atom. The van der Waals surface area contributed by atoms with E-state index in [1.54, 1.807) is 0 Å². The van der Waals surface area contributed by atoms with E-state index in [2.05, 4.69) is 111 Å². The molecule has 4 heteroatoms. The predicted molar refractivity (Wildman–Crippen MR) is 189 cm³/mol. The van der Waals surface area contributed by atoms with Crippen molar-refractivity contribution >= 4 is 0 Å². The SMILES string of the molecule is CC1(C)c2ccc(-c3ccccc3-c3nc(-c4ccccc4)nc(-c4ccc(-c5ccccc5)cc4)n3)cc2-c2ccc(C#N)cc21. The van der Waals surface area contributed by atoms with Gasteiger partial charge in [0.1, 0.15) is 0 Å². The Labute approximate surface area is 274 Å². The fourth-order valence-electron chi connectivity index (χ4n) is 6.70. The summed E-state index contributed by atoms with van der Waals surface area (Å²) >= 11 is 0. The summed E-state index contributed by atoms with van der Waals surface area (Å²) in [5, 5.41) is 9.57. The number of aromatic nitrogens is 3. The quantitative estimate of drug-likeness (QED) is 0.197. The van der Waals surface area contributed by atoms with Gasteiger partial charge in [-0.3, -0.25) is 0 Å². The normalized spacial score (nSPS) is 12.6. The van der Waals surface area contributed by atoms with Crippen molar-refractivity contribution in [3.8, 4) is 73.6 Å². The van der Waals surface area contributed by atoms with Gasteiger partial charge in [-0.2, -0.15) is 5.26 Å². The highest BCUT2D eigenvalue weighted by atomic mass is 15.0. The van der Waals surface area contributed by atoms with Gasteiger partial charge in [0.25, 0.3) is 0 Å². The number of nitriles is 1. The Morgan fingerprint density at radius 3 is 1.64 bits per heavy atom. The minimum Gasteiger partial charge on any atom is -0.208 e. The zero-order valence-electron chi connectivity index (χ0n) is 26.1. The molecule has 1 aliphatic carbocycles. The zero-order chi connectivity index (χ0) is 32.0. The molecule has 0 atom stereocenters. The van der Waals surface area contributed by atoms with Crippen LogP contribution in [0.5, 0.6) is 0 Å². The van der Waals surface area contributed by atoms with Gasteiger partial charge >= 0.3 is 0 Å². The van der Waals surface area contributed by atoms with E-state index in [4.69, 9.17) is 15.0 Å². The maximum Gasteiger partial charge on any atom is 0.164 e. The number of fused-ring (bicyclic) bond motifs is 3. The van der Waals surface area contributed by atoms with Gasteiger partial charge < -0.3 is 0 Å². The molecule has 0 amide bonds.